The number of aromatic nitrogens is 1. The third kappa shape index (κ3) is 5.96. The number of terminal acetylenes is 1. The first-order valence-electron chi connectivity index (χ1n) is 14.5. The summed E-state index contributed by atoms with van der Waals surface area (Å²) in [6.07, 6.45) is 13.0. The van der Waals surface area contributed by atoms with Crippen molar-refractivity contribution in [2.45, 2.75) is 86.6 Å². The van der Waals surface area contributed by atoms with E-state index in [1.807, 2.05) is 0 Å². The minimum absolute atomic E-state index is 0.689. The van der Waals surface area contributed by atoms with Crippen LogP contribution in [0, 0.1) is 30.1 Å². The van der Waals surface area contributed by atoms with E-state index in [-0.39, 0.29) is 0 Å². The summed E-state index contributed by atoms with van der Waals surface area (Å²) >= 11 is 0. The van der Waals surface area contributed by atoms with Gasteiger partial charge in [-0.25, -0.2) is 0 Å². The first-order valence-corrected chi connectivity index (χ1v) is 14.5. The quantitative estimate of drug-likeness (QED) is 0.184. The standard InChI is InChI=1S/C36H45N/c1-8-25(5)18-30-21-29(22-31(19-26(6)9-2)34(30)20-27(7)10-3)24-37-35-15-13-12-14-32(35)33-17-16-28(11-4)23-36(33)37/h4,12-17,21-23,25-27H,8-10,18-20,24H2,1-3,5-7H3/t25-,26-,27-/m0/s1. The van der Waals surface area contributed by atoms with Crippen LogP contribution in [0.15, 0.2) is 54.6 Å². The van der Waals surface area contributed by atoms with Gasteiger partial charge in [-0.3, -0.25) is 0 Å². The normalized spacial score (nSPS) is 14.1. The fourth-order valence-electron chi connectivity index (χ4n) is 5.61. The number of rotatable bonds is 11. The minimum atomic E-state index is 0.689. The van der Waals surface area contributed by atoms with Crippen molar-refractivity contribution < 1.29 is 0 Å². The molecule has 0 aliphatic heterocycles. The smallest absolute Gasteiger partial charge is 0.0507 e. The number of nitrogens with zero attached hydrogens (tertiary/aromatic N) is 1. The minimum Gasteiger partial charge on any atom is -0.336 e. The molecule has 0 saturated carbocycles. The van der Waals surface area contributed by atoms with Gasteiger partial charge >= 0.3 is 0 Å². The molecule has 3 atom stereocenters. The second-order valence-corrected chi connectivity index (χ2v) is 11.5. The van der Waals surface area contributed by atoms with Gasteiger partial charge in [0.1, 0.15) is 0 Å². The van der Waals surface area contributed by atoms with Crippen LogP contribution in [0.5, 0.6) is 0 Å². The number of hydrogen-bond donors (Lipinski definition) is 0. The Morgan fingerprint density at radius 1 is 0.703 bits per heavy atom. The van der Waals surface area contributed by atoms with Crippen molar-refractivity contribution in [3.8, 4) is 12.3 Å². The van der Waals surface area contributed by atoms with E-state index in [9.17, 15) is 0 Å². The van der Waals surface area contributed by atoms with Gasteiger partial charge in [-0.15, -0.1) is 6.42 Å². The molecule has 4 aromatic rings. The Hall–Kier alpha value is -2.98. The summed E-state index contributed by atoms with van der Waals surface area (Å²) in [6.45, 7) is 15.1. The molecule has 194 valence electrons. The predicted octanol–water partition coefficient (Wildman–Crippen LogP) is 9.59. The van der Waals surface area contributed by atoms with E-state index in [2.05, 4.69) is 107 Å². The monoisotopic (exact) mass is 491 g/mol. The Morgan fingerprint density at radius 3 is 1.86 bits per heavy atom. The maximum absolute atomic E-state index is 5.80. The molecule has 0 saturated heterocycles. The Morgan fingerprint density at radius 2 is 1.27 bits per heavy atom. The zero-order chi connectivity index (χ0) is 26.5. The van der Waals surface area contributed by atoms with Crippen LogP contribution in [0.4, 0.5) is 0 Å². The number of fused-ring (bicyclic) bond motifs is 3. The van der Waals surface area contributed by atoms with E-state index in [1.165, 1.54) is 53.1 Å². The van der Waals surface area contributed by atoms with E-state index in [0.717, 1.165) is 24.9 Å². The largest absolute Gasteiger partial charge is 0.336 e. The van der Waals surface area contributed by atoms with Crippen molar-refractivity contribution in [2.75, 3.05) is 0 Å². The van der Waals surface area contributed by atoms with Crippen molar-refractivity contribution in [3.05, 3.63) is 82.4 Å². The van der Waals surface area contributed by atoms with Crippen LogP contribution < -0.4 is 0 Å². The molecule has 0 aliphatic carbocycles. The molecule has 37 heavy (non-hydrogen) atoms. The fraction of sp³-hybridized carbons (Fsp3) is 0.444. The van der Waals surface area contributed by atoms with Gasteiger partial charge in [0.15, 0.2) is 0 Å². The molecule has 3 aromatic carbocycles. The highest BCUT2D eigenvalue weighted by molar-refractivity contribution is 6.08. The van der Waals surface area contributed by atoms with E-state index in [1.54, 1.807) is 16.7 Å². The highest BCUT2D eigenvalue weighted by Gasteiger charge is 2.18. The molecular weight excluding hydrogens is 446 g/mol. The SMILES string of the molecule is C#Cc1ccc2c3ccccc3n(Cc3cc(C[C@@H](C)CC)c(C[C@@H](C)CC)c(C[C@@H](C)CC)c3)c2c1. The van der Waals surface area contributed by atoms with Gasteiger partial charge in [-0.05, 0) is 77.5 Å². The Balaban J connectivity index is 1.89. The van der Waals surface area contributed by atoms with Gasteiger partial charge in [0.2, 0.25) is 0 Å². The van der Waals surface area contributed by atoms with Crippen LogP contribution in [0.2, 0.25) is 0 Å². The summed E-state index contributed by atoms with van der Waals surface area (Å²) in [5.74, 6) is 4.93. The molecule has 0 fully saturated rings. The zero-order valence-electron chi connectivity index (χ0n) is 23.9. The van der Waals surface area contributed by atoms with Crippen LogP contribution in [-0.2, 0) is 25.8 Å². The van der Waals surface area contributed by atoms with Gasteiger partial charge in [-0.2, -0.15) is 0 Å². The Bertz CT molecular complexity index is 1360. The Labute approximate surface area is 225 Å². The fourth-order valence-corrected chi connectivity index (χ4v) is 5.61. The molecule has 0 unspecified atom stereocenters. The average Bonchev–Trinajstić information content (AvgIpc) is 3.22. The van der Waals surface area contributed by atoms with Crippen LogP contribution >= 0.6 is 0 Å². The molecule has 0 N–H and O–H groups in total. The van der Waals surface area contributed by atoms with E-state index in [0.29, 0.717) is 17.8 Å². The summed E-state index contributed by atoms with van der Waals surface area (Å²) in [5.41, 5.74) is 9.66. The second kappa shape index (κ2) is 12.0. The zero-order valence-corrected chi connectivity index (χ0v) is 23.9. The van der Waals surface area contributed by atoms with Gasteiger partial charge in [-0.1, -0.05) is 103 Å². The van der Waals surface area contributed by atoms with E-state index >= 15 is 0 Å². The van der Waals surface area contributed by atoms with E-state index in [4.69, 9.17) is 6.42 Å². The molecule has 4 rings (SSSR count). The lowest BCUT2D eigenvalue weighted by Crippen LogP contribution is -2.13. The molecular formula is C36H45N. The summed E-state index contributed by atoms with van der Waals surface area (Å²) in [6, 6.07) is 20.3. The highest BCUT2D eigenvalue weighted by atomic mass is 15.0. The van der Waals surface area contributed by atoms with Gasteiger partial charge in [0.05, 0.1) is 5.52 Å². The summed E-state index contributed by atoms with van der Waals surface area (Å²) in [7, 11) is 0. The molecule has 0 bridgehead atoms. The summed E-state index contributed by atoms with van der Waals surface area (Å²) in [4.78, 5) is 0. The van der Waals surface area contributed by atoms with Crippen molar-refractivity contribution in [2.24, 2.45) is 17.8 Å². The summed E-state index contributed by atoms with van der Waals surface area (Å²) < 4.78 is 2.48. The van der Waals surface area contributed by atoms with Gasteiger partial charge < -0.3 is 4.57 Å². The first kappa shape index (κ1) is 27.1. The predicted molar refractivity (Wildman–Crippen MR) is 162 cm³/mol. The highest BCUT2D eigenvalue weighted by Crippen LogP contribution is 2.33. The summed E-state index contributed by atoms with van der Waals surface area (Å²) in [5, 5.41) is 2.58. The molecule has 1 heterocycles. The molecule has 0 aliphatic rings. The molecule has 1 nitrogen and oxygen atoms in total. The van der Waals surface area contributed by atoms with Gasteiger partial charge in [0.25, 0.3) is 0 Å². The third-order valence-corrected chi connectivity index (χ3v) is 8.56. The molecule has 0 amide bonds. The molecule has 1 aromatic heterocycles. The van der Waals surface area contributed by atoms with Crippen LogP contribution in [0.25, 0.3) is 21.8 Å². The lowest BCUT2D eigenvalue weighted by atomic mass is 9.83. The lowest BCUT2D eigenvalue weighted by Gasteiger charge is -2.23. The topological polar surface area (TPSA) is 4.93 Å². The maximum Gasteiger partial charge on any atom is 0.0507 e. The second-order valence-electron chi connectivity index (χ2n) is 11.5. The van der Waals surface area contributed by atoms with Crippen LogP contribution in [-0.4, -0.2) is 4.57 Å². The lowest BCUT2D eigenvalue weighted by molar-refractivity contribution is 0.522. The number of para-hydroxylation sites is 1. The number of benzene rings is 3. The van der Waals surface area contributed by atoms with Crippen molar-refractivity contribution in [1.82, 2.24) is 4.57 Å². The van der Waals surface area contributed by atoms with Crippen molar-refractivity contribution >= 4 is 21.8 Å². The molecule has 0 spiro atoms. The molecule has 0 radical (unpaired) electrons. The van der Waals surface area contributed by atoms with E-state index < -0.39 is 0 Å². The first-order chi connectivity index (χ1) is 17.9. The van der Waals surface area contributed by atoms with Gasteiger partial charge in [0, 0.05) is 28.4 Å². The third-order valence-electron chi connectivity index (χ3n) is 8.56. The van der Waals surface area contributed by atoms with Crippen molar-refractivity contribution in [1.29, 1.82) is 0 Å². The van der Waals surface area contributed by atoms with Crippen molar-refractivity contribution in [3.63, 3.8) is 0 Å². The Kier molecular flexibility index (Phi) is 8.81. The molecule has 1 heteroatoms. The average molecular weight is 492 g/mol. The number of hydrogen-bond acceptors (Lipinski definition) is 0. The maximum atomic E-state index is 5.80. The van der Waals surface area contributed by atoms with Crippen LogP contribution in [0.1, 0.15) is 88.6 Å². The van der Waals surface area contributed by atoms with Crippen LogP contribution in [0.3, 0.4) is 0 Å².